The number of likely N-dealkylation sites (tertiary alicyclic amines) is 1. The average Bonchev–Trinajstić information content (AvgIpc) is 2.92. The van der Waals surface area contributed by atoms with Crippen LogP contribution in [0.2, 0.25) is 0 Å². The van der Waals surface area contributed by atoms with Crippen molar-refractivity contribution in [2.24, 2.45) is 17.6 Å². The van der Waals surface area contributed by atoms with E-state index in [4.69, 9.17) is 5.73 Å². The molecule has 1 heterocycles. The van der Waals surface area contributed by atoms with Crippen LogP contribution in [0.1, 0.15) is 23.2 Å². The molecule has 4 heteroatoms. The van der Waals surface area contributed by atoms with E-state index < -0.39 is 0 Å². The Balaban J connectivity index is 1.78. The van der Waals surface area contributed by atoms with Crippen LogP contribution in [0.3, 0.4) is 0 Å². The predicted octanol–water partition coefficient (Wildman–Crippen LogP) is 1.20. The summed E-state index contributed by atoms with van der Waals surface area (Å²) in [6.45, 7) is 1.52. The largest absolute Gasteiger partial charge is 0.507 e. The SMILES string of the molecule is NC1CCC2CN(C(=O)c3ccccc3O)CC12. The Morgan fingerprint density at radius 1 is 1.28 bits per heavy atom. The molecule has 1 saturated heterocycles. The summed E-state index contributed by atoms with van der Waals surface area (Å²) in [4.78, 5) is 14.2. The van der Waals surface area contributed by atoms with Gasteiger partial charge in [0.2, 0.25) is 0 Å². The summed E-state index contributed by atoms with van der Waals surface area (Å²) in [5.41, 5.74) is 6.46. The third-order valence-corrected chi connectivity index (χ3v) is 4.33. The molecule has 1 aliphatic carbocycles. The van der Waals surface area contributed by atoms with E-state index in [1.165, 1.54) is 0 Å². The highest BCUT2D eigenvalue weighted by Gasteiger charge is 2.42. The number of fused-ring (bicyclic) bond motifs is 1. The maximum Gasteiger partial charge on any atom is 0.257 e. The van der Waals surface area contributed by atoms with E-state index in [0.29, 0.717) is 17.4 Å². The van der Waals surface area contributed by atoms with Crippen LogP contribution in [0.15, 0.2) is 24.3 Å². The minimum absolute atomic E-state index is 0.0591. The van der Waals surface area contributed by atoms with Gasteiger partial charge in [-0.3, -0.25) is 4.79 Å². The lowest BCUT2D eigenvalue weighted by molar-refractivity contribution is 0.0776. The zero-order valence-corrected chi connectivity index (χ0v) is 10.2. The van der Waals surface area contributed by atoms with E-state index in [1.807, 2.05) is 4.90 Å². The predicted molar refractivity (Wildman–Crippen MR) is 68.2 cm³/mol. The van der Waals surface area contributed by atoms with Crippen LogP contribution < -0.4 is 5.73 Å². The molecule has 3 unspecified atom stereocenters. The minimum atomic E-state index is -0.0744. The Kier molecular flexibility index (Phi) is 2.74. The van der Waals surface area contributed by atoms with Crippen molar-refractivity contribution in [2.75, 3.05) is 13.1 Å². The van der Waals surface area contributed by atoms with Gasteiger partial charge in [0.05, 0.1) is 5.56 Å². The van der Waals surface area contributed by atoms with Gasteiger partial charge in [0.15, 0.2) is 0 Å². The summed E-state index contributed by atoms with van der Waals surface area (Å²) in [5, 5.41) is 9.72. The topological polar surface area (TPSA) is 66.6 Å². The first kappa shape index (κ1) is 11.5. The van der Waals surface area contributed by atoms with E-state index in [1.54, 1.807) is 24.3 Å². The Morgan fingerprint density at radius 3 is 2.78 bits per heavy atom. The minimum Gasteiger partial charge on any atom is -0.507 e. The normalized spacial score (nSPS) is 30.5. The highest BCUT2D eigenvalue weighted by atomic mass is 16.3. The first-order chi connectivity index (χ1) is 8.66. The second-order valence-corrected chi connectivity index (χ2v) is 5.39. The van der Waals surface area contributed by atoms with Crippen LogP contribution in [-0.2, 0) is 0 Å². The fraction of sp³-hybridized carbons (Fsp3) is 0.500. The van der Waals surface area contributed by atoms with Gasteiger partial charge in [-0.05, 0) is 36.8 Å². The Morgan fingerprint density at radius 2 is 2.06 bits per heavy atom. The zero-order chi connectivity index (χ0) is 12.7. The molecule has 3 rings (SSSR count). The van der Waals surface area contributed by atoms with Gasteiger partial charge in [0.25, 0.3) is 5.91 Å². The number of benzene rings is 1. The number of hydrogen-bond donors (Lipinski definition) is 2. The van der Waals surface area contributed by atoms with Gasteiger partial charge in [-0.2, -0.15) is 0 Å². The van der Waals surface area contributed by atoms with Crippen LogP contribution >= 0.6 is 0 Å². The number of nitrogens with two attached hydrogens (primary N) is 1. The Hall–Kier alpha value is -1.55. The van der Waals surface area contributed by atoms with E-state index in [-0.39, 0.29) is 17.7 Å². The lowest BCUT2D eigenvalue weighted by Crippen LogP contribution is -2.33. The summed E-state index contributed by atoms with van der Waals surface area (Å²) in [6, 6.07) is 6.95. The highest BCUT2D eigenvalue weighted by Crippen LogP contribution is 2.38. The third kappa shape index (κ3) is 1.77. The fourth-order valence-corrected chi connectivity index (χ4v) is 3.30. The fourth-order valence-electron chi connectivity index (χ4n) is 3.30. The van der Waals surface area contributed by atoms with Gasteiger partial charge >= 0.3 is 0 Å². The van der Waals surface area contributed by atoms with Crippen molar-refractivity contribution in [3.63, 3.8) is 0 Å². The van der Waals surface area contributed by atoms with Crippen molar-refractivity contribution in [3.05, 3.63) is 29.8 Å². The summed E-state index contributed by atoms with van der Waals surface area (Å²) >= 11 is 0. The molecule has 1 aromatic carbocycles. The van der Waals surface area contributed by atoms with Crippen molar-refractivity contribution in [3.8, 4) is 5.75 Å². The summed E-state index contributed by atoms with van der Waals surface area (Å²) < 4.78 is 0. The lowest BCUT2D eigenvalue weighted by Gasteiger charge is -2.19. The Labute approximate surface area is 106 Å². The number of para-hydroxylation sites is 1. The molecule has 1 amide bonds. The van der Waals surface area contributed by atoms with Gasteiger partial charge in [-0.1, -0.05) is 12.1 Å². The molecule has 1 saturated carbocycles. The molecular formula is C14H18N2O2. The average molecular weight is 246 g/mol. The van der Waals surface area contributed by atoms with Gasteiger partial charge in [0, 0.05) is 19.1 Å². The maximum absolute atomic E-state index is 12.3. The molecular weight excluding hydrogens is 228 g/mol. The molecule has 2 aliphatic rings. The van der Waals surface area contributed by atoms with Gasteiger partial charge in [-0.25, -0.2) is 0 Å². The zero-order valence-electron chi connectivity index (χ0n) is 10.2. The Bertz CT molecular complexity index is 475. The monoisotopic (exact) mass is 246 g/mol. The number of aromatic hydroxyl groups is 1. The summed E-state index contributed by atoms with van der Waals surface area (Å²) in [7, 11) is 0. The molecule has 0 spiro atoms. The number of nitrogens with zero attached hydrogens (tertiary/aromatic N) is 1. The van der Waals surface area contributed by atoms with Crippen LogP contribution in [0.5, 0.6) is 5.75 Å². The molecule has 18 heavy (non-hydrogen) atoms. The molecule has 0 aromatic heterocycles. The smallest absolute Gasteiger partial charge is 0.257 e. The maximum atomic E-state index is 12.3. The molecule has 3 atom stereocenters. The first-order valence-corrected chi connectivity index (χ1v) is 6.49. The van der Waals surface area contributed by atoms with Crippen LogP contribution in [-0.4, -0.2) is 35.0 Å². The molecule has 0 radical (unpaired) electrons. The van der Waals surface area contributed by atoms with Crippen molar-refractivity contribution in [1.82, 2.24) is 4.90 Å². The van der Waals surface area contributed by atoms with E-state index >= 15 is 0 Å². The number of phenolic OH excluding ortho intramolecular Hbond substituents is 1. The molecule has 4 nitrogen and oxygen atoms in total. The summed E-state index contributed by atoms with van der Waals surface area (Å²) in [6.07, 6.45) is 2.20. The molecule has 2 fully saturated rings. The second kappa shape index (κ2) is 4.28. The molecule has 96 valence electrons. The van der Waals surface area contributed by atoms with Gasteiger partial charge in [0.1, 0.15) is 5.75 Å². The molecule has 0 bridgehead atoms. The van der Waals surface area contributed by atoms with Crippen LogP contribution in [0, 0.1) is 11.8 Å². The van der Waals surface area contributed by atoms with Gasteiger partial charge < -0.3 is 15.7 Å². The van der Waals surface area contributed by atoms with Crippen molar-refractivity contribution >= 4 is 5.91 Å². The molecule has 3 N–H and O–H groups in total. The lowest BCUT2D eigenvalue weighted by atomic mass is 9.98. The number of hydrogen-bond acceptors (Lipinski definition) is 3. The summed E-state index contributed by atoms with van der Waals surface area (Å²) in [5.74, 6) is 0.980. The van der Waals surface area contributed by atoms with E-state index in [2.05, 4.69) is 0 Å². The van der Waals surface area contributed by atoms with Crippen molar-refractivity contribution in [1.29, 1.82) is 0 Å². The third-order valence-electron chi connectivity index (χ3n) is 4.33. The number of carbonyl (C=O) groups excluding carboxylic acids is 1. The van der Waals surface area contributed by atoms with Crippen LogP contribution in [0.25, 0.3) is 0 Å². The first-order valence-electron chi connectivity index (χ1n) is 6.49. The van der Waals surface area contributed by atoms with Gasteiger partial charge in [-0.15, -0.1) is 0 Å². The molecule has 1 aromatic rings. The van der Waals surface area contributed by atoms with Crippen molar-refractivity contribution < 1.29 is 9.90 Å². The van der Waals surface area contributed by atoms with E-state index in [9.17, 15) is 9.90 Å². The number of phenols is 1. The quantitative estimate of drug-likeness (QED) is 0.782. The second-order valence-electron chi connectivity index (χ2n) is 5.39. The number of rotatable bonds is 1. The standard InChI is InChI=1S/C14H18N2O2/c15-12-6-5-9-7-16(8-11(9)12)14(18)10-3-1-2-4-13(10)17/h1-4,9,11-12,17H,5-8,15H2. The van der Waals surface area contributed by atoms with E-state index in [0.717, 1.165) is 25.9 Å². The van der Waals surface area contributed by atoms with Crippen molar-refractivity contribution in [2.45, 2.75) is 18.9 Å². The number of carbonyl (C=O) groups is 1. The number of amides is 1. The molecule has 1 aliphatic heterocycles. The highest BCUT2D eigenvalue weighted by molar-refractivity contribution is 5.97. The van der Waals surface area contributed by atoms with Crippen LogP contribution in [0.4, 0.5) is 0 Å².